The Morgan fingerprint density at radius 1 is 1.33 bits per heavy atom. The van der Waals surface area contributed by atoms with E-state index in [4.69, 9.17) is 5.73 Å². The van der Waals surface area contributed by atoms with Crippen molar-refractivity contribution in [2.75, 3.05) is 11.1 Å². The van der Waals surface area contributed by atoms with Crippen LogP contribution in [0, 0.1) is 5.92 Å². The lowest BCUT2D eigenvalue weighted by Gasteiger charge is -2.22. The Balaban J connectivity index is 2.61. The molecule has 84 valence electrons. The lowest BCUT2D eigenvalue weighted by molar-refractivity contribution is 0.437. The first-order valence-corrected chi connectivity index (χ1v) is 5.51. The molecule has 4 heteroatoms. The summed E-state index contributed by atoms with van der Waals surface area (Å²) in [5.41, 5.74) is 5.56. The first-order valence-electron chi connectivity index (χ1n) is 5.51. The van der Waals surface area contributed by atoms with E-state index in [1.165, 1.54) is 12.8 Å². The molecular weight excluding hydrogens is 188 g/mol. The van der Waals surface area contributed by atoms with Crippen molar-refractivity contribution in [3.63, 3.8) is 0 Å². The molecule has 3 N–H and O–H groups in total. The molecule has 0 saturated carbocycles. The van der Waals surface area contributed by atoms with Gasteiger partial charge in [0, 0.05) is 6.04 Å². The second kappa shape index (κ2) is 5.53. The van der Waals surface area contributed by atoms with E-state index in [0.717, 1.165) is 5.82 Å². The van der Waals surface area contributed by atoms with Crippen LogP contribution in [0.1, 0.15) is 33.6 Å². The van der Waals surface area contributed by atoms with Gasteiger partial charge in [-0.2, -0.15) is 0 Å². The molecule has 0 bridgehead atoms. The summed E-state index contributed by atoms with van der Waals surface area (Å²) in [5.74, 6) is 1.87. The lowest BCUT2D eigenvalue weighted by Crippen LogP contribution is -2.25. The third kappa shape index (κ3) is 3.38. The fraction of sp³-hybridized carbons (Fsp3) is 0.636. The van der Waals surface area contributed by atoms with Gasteiger partial charge in [-0.1, -0.05) is 26.7 Å². The van der Waals surface area contributed by atoms with Crippen LogP contribution in [0.25, 0.3) is 0 Å². The zero-order valence-electron chi connectivity index (χ0n) is 9.70. The first-order chi connectivity index (χ1) is 7.17. The Morgan fingerprint density at radius 2 is 2.00 bits per heavy atom. The monoisotopic (exact) mass is 208 g/mol. The molecule has 0 radical (unpaired) electrons. The van der Waals surface area contributed by atoms with Gasteiger partial charge in [0.05, 0.1) is 12.4 Å². The fourth-order valence-electron chi connectivity index (χ4n) is 1.80. The SMILES string of the molecule is CCC(CC)C(C)Nc1cncc(N)n1. The zero-order valence-corrected chi connectivity index (χ0v) is 9.70. The highest BCUT2D eigenvalue weighted by Gasteiger charge is 2.13. The Hall–Kier alpha value is -1.32. The predicted octanol–water partition coefficient (Wildman–Crippen LogP) is 2.30. The molecule has 0 spiro atoms. The number of rotatable bonds is 5. The molecule has 0 saturated heterocycles. The highest BCUT2D eigenvalue weighted by molar-refractivity contribution is 5.39. The van der Waals surface area contributed by atoms with E-state index in [0.29, 0.717) is 17.8 Å². The molecule has 1 unspecified atom stereocenters. The summed E-state index contributed by atoms with van der Waals surface area (Å²) in [6.07, 6.45) is 5.59. The van der Waals surface area contributed by atoms with Crippen LogP contribution in [0.2, 0.25) is 0 Å². The van der Waals surface area contributed by atoms with E-state index in [1.54, 1.807) is 12.4 Å². The zero-order chi connectivity index (χ0) is 11.3. The number of nitrogens with two attached hydrogens (primary N) is 1. The minimum absolute atomic E-state index is 0.399. The topological polar surface area (TPSA) is 63.8 Å². The van der Waals surface area contributed by atoms with Crippen molar-refractivity contribution < 1.29 is 0 Å². The van der Waals surface area contributed by atoms with Crippen LogP contribution in [-0.4, -0.2) is 16.0 Å². The Bertz CT molecular complexity index is 296. The smallest absolute Gasteiger partial charge is 0.147 e. The van der Waals surface area contributed by atoms with Crippen molar-refractivity contribution in [1.29, 1.82) is 0 Å². The van der Waals surface area contributed by atoms with Crippen molar-refractivity contribution >= 4 is 11.6 Å². The summed E-state index contributed by atoms with van der Waals surface area (Å²) in [6, 6.07) is 0.399. The molecule has 0 aliphatic rings. The largest absolute Gasteiger partial charge is 0.382 e. The average molecular weight is 208 g/mol. The van der Waals surface area contributed by atoms with Crippen LogP contribution < -0.4 is 11.1 Å². The number of nitrogens with zero attached hydrogens (tertiary/aromatic N) is 2. The van der Waals surface area contributed by atoms with Crippen molar-refractivity contribution in [2.45, 2.75) is 39.7 Å². The summed E-state index contributed by atoms with van der Waals surface area (Å²) >= 11 is 0. The van der Waals surface area contributed by atoms with E-state index in [9.17, 15) is 0 Å². The highest BCUT2D eigenvalue weighted by Crippen LogP contribution is 2.16. The minimum atomic E-state index is 0.399. The van der Waals surface area contributed by atoms with Crippen LogP contribution in [0.4, 0.5) is 11.6 Å². The van der Waals surface area contributed by atoms with Gasteiger partial charge >= 0.3 is 0 Å². The van der Waals surface area contributed by atoms with Gasteiger partial charge in [0.1, 0.15) is 11.6 Å². The Morgan fingerprint density at radius 3 is 2.53 bits per heavy atom. The minimum Gasteiger partial charge on any atom is -0.382 e. The third-order valence-electron chi connectivity index (χ3n) is 2.78. The maximum atomic E-state index is 5.56. The van der Waals surface area contributed by atoms with Crippen molar-refractivity contribution in [2.24, 2.45) is 5.92 Å². The molecule has 0 fully saturated rings. The van der Waals surface area contributed by atoms with E-state index < -0.39 is 0 Å². The molecule has 1 heterocycles. The van der Waals surface area contributed by atoms with Crippen LogP contribution in [0.5, 0.6) is 0 Å². The van der Waals surface area contributed by atoms with Crippen LogP contribution in [0.15, 0.2) is 12.4 Å². The maximum Gasteiger partial charge on any atom is 0.147 e. The molecule has 0 aromatic carbocycles. The van der Waals surface area contributed by atoms with Gasteiger partial charge in [-0.15, -0.1) is 0 Å². The van der Waals surface area contributed by atoms with Crippen LogP contribution in [-0.2, 0) is 0 Å². The quantitative estimate of drug-likeness (QED) is 0.779. The predicted molar refractivity (Wildman–Crippen MR) is 63.6 cm³/mol. The second-order valence-corrected chi connectivity index (χ2v) is 3.84. The van der Waals surface area contributed by atoms with E-state index in [2.05, 4.69) is 36.1 Å². The number of nitrogens with one attached hydrogen (secondary N) is 1. The maximum absolute atomic E-state index is 5.56. The highest BCUT2D eigenvalue weighted by atomic mass is 15.1. The summed E-state index contributed by atoms with van der Waals surface area (Å²) < 4.78 is 0. The molecule has 0 amide bonds. The third-order valence-corrected chi connectivity index (χ3v) is 2.78. The molecule has 0 aliphatic carbocycles. The molecule has 1 aromatic heterocycles. The van der Waals surface area contributed by atoms with Gasteiger partial charge in [0.25, 0.3) is 0 Å². The Kier molecular flexibility index (Phi) is 4.34. The fourth-order valence-corrected chi connectivity index (χ4v) is 1.80. The van der Waals surface area contributed by atoms with Gasteiger partial charge in [0.15, 0.2) is 0 Å². The number of hydrogen-bond donors (Lipinski definition) is 2. The molecule has 15 heavy (non-hydrogen) atoms. The number of nitrogen functional groups attached to an aromatic ring is 1. The second-order valence-electron chi connectivity index (χ2n) is 3.84. The summed E-state index contributed by atoms with van der Waals surface area (Å²) in [4.78, 5) is 8.17. The van der Waals surface area contributed by atoms with Gasteiger partial charge in [-0.25, -0.2) is 4.98 Å². The van der Waals surface area contributed by atoms with E-state index in [1.807, 2.05) is 0 Å². The van der Waals surface area contributed by atoms with E-state index >= 15 is 0 Å². The normalized spacial score (nSPS) is 12.8. The van der Waals surface area contributed by atoms with Crippen LogP contribution >= 0.6 is 0 Å². The van der Waals surface area contributed by atoms with Gasteiger partial charge in [-0.3, -0.25) is 4.98 Å². The summed E-state index contributed by atoms with van der Waals surface area (Å²) in [5, 5.41) is 3.33. The standard InChI is InChI=1S/C11H20N4/c1-4-9(5-2)8(3)14-11-7-13-6-10(12)15-11/h6-9H,4-5H2,1-3H3,(H3,12,14,15). The van der Waals surface area contributed by atoms with Crippen LogP contribution in [0.3, 0.4) is 0 Å². The van der Waals surface area contributed by atoms with Crippen molar-refractivity contribution in [3.8, 4) is 0 Å². The van der Waals surface area contributed by atoms with Crippen molar-refractivity contribution in [3.05, 3.63) is 12.4 Å². The molecule has 4 nitrogen and oxygen atoms in total. The molecule has 0 aliphatic heterocycles. The number of aromatic nitrogens is 2. The molecular formula is C11H20N4. The van der Waals surface area contributed by atoms with Gasteiger partial charge in [-0.05, 0) is 12.8 Å². The van der Waals surface area contributed by atoms with E-state index in [-0.39, 0.29) is 0 Å². The summed E-state index contributed by atoms with van der Waals surface area (Å²) in [6.45, 7) is 6.58. The van der Waals surface area contributed by atoms with Crippen molar-refractivity contribution in [1.82, 2.24) is 9.97 Å². The Labute approximate surface area is 91.3 Å². The van der Waals surface area contributed by atoms with Gasteiger partial charge < -0.3 is 11.1 Å². The number of hydrogen-bond acceptors (Lipinski definition) is 4. The molecule has 1 atom stereocenters. The molecule has 1 aromatic rings. The average Bonchev–Trinajstić information content (AvgIpc) is 2.19. The first kappa shape index (κ1) is 11.8. The number of anilines is 2. The molecule has 1 rings (SSSR count). The lowest BCUT2D eigenvalue weighted by atomic mass is 9.96. The summed E-state index contributed by atoms with van der Waals surface area (Å²) in [7, 11) is 0. The van der Waals surface area contributed by atoms with Gasteiger partial charge in [0.2, 0.25) is 0 Å².